The predicted molar refractivity (Wildman–Crippen MR) is 101 cm³/mol. The third-order valence-corrected chi connectivity index (χ3v) is 5.45. The molecule has 1 aliphatic rings. The second-order valence-corrected chi connectivity index (χ2v) is 6.73. The molecule has 0 spiro atoms. The van der Waals surface area contributed by atoms with Crippen molar-refractivity contribution in [2.45, 2.75) is 6.54 Å². The Bertz CT molecular complexity index is 1410. The third-order valence-electron chi connectivity index (χ3n) is 5.45. The largest absolute Gasteiger partial charge is 0.353 e. The van der Waals surface area contributed by atoms with Crippen LogP contribution in [-0.2, 0) is 11.3 Å². The summed E-state index contributed by atoms with van der Waals surface area (Å²) < 4.78 is 0. The Morgan fingerprint density at radius 2 is 1.42 bits per heavy atom. The number of carbonyl (C=O) groups is 2. The number of imide groups is 1. The zero-order valence-electron chi connectivity index (χ0n) is 13.7. The van der Waals surface area contributed by atoms with Gasteiger partial charge in [-0.25, -0.2) is 0 Å². The molecule has 3 heterocycles. The first-order valence-corrected chi connectivity index (χ1v) is 8.50. The van der Waals surface area contributed by atoms with Crippen molar-refractivity contribution >= 4 is 55.9 Å². The predicted octanol–water partition coefficient (Wildman–Crippen LogP) is 4.07. The van der Waals surface area contributed by atoms with E-state index in [4.69, 9.17) is 0 Å². The first-order chi connectivity index (χ1) is 12.8. The van der Waals surface area contributed by atoms with E-state index in [1.54, 1.807) is 0 Å². The Balaban J connectivity index is 1.96. The molecule has 0 saturated heterocycles. The van der Waals surface area contributed by atoms with Gasteiger partial charge in [-0.2, -0.15) is 0 Å². The summed E-state index contributed by atoms with van der Waals surface area (Å²) >= 11 is 0. The minimum atomic E-state index is -0.225. The Hall–Kier alpha value is -3.60. The third kappa shape index (κ3) is 1.46. The summed E-state index contributed by atoms with van der Waals surface area (Å²) in [5.41, 5.74) is 5.46. The number of hydrogen-bond donors (Lipinski definition) is 2. The molecule has 3 aromatic carbocycles. The fourth-order valence-electron chi connectivity index (χ4n) is 4.37. The molecule has 0 aliphatic carbocycles. The number of carbonyl (C=O) groups excluding carboxylic acids is 2. The van der Waals surface area contributed by atoms with Crippen LogP contribution in [0, 0.1) is 0 Å². The van der Waals surface area contributed by atoms with Crippen molar-refractivity contribution in [3.63, 3.8) is 0 Å². The second kappa shape index (κ2) is 4.52. The van der Waals surface area contributed by atoms with Crippen LogP contribution in [0.25, 0.3) is 43.6 Å². The van der Waals surface area contributed by atoms with Crippen LogP contribution in [0.2, 0.25) is 0 Å². The Morgan fingerprint density at radius 3 is 2.08 bits per heavy atom. The van der Waals surface area contributed by atoms with Crippen molar-refractivity contribution in [3.05, 3.63) is 59.7 Å². The number of hydrogen-bond acceptors (Lipinski definition) is 2. The number of nitrogens with zero attached hydrogens (tertiary/aromatic N) is 1. The van der Waals surface area contributed by atoms with E-state index in [0.717, 1.165) is 49.2 Å². The Labute approximate surface area is 147 Å². The number of H-pyrrole nitrogens is 2. The maximum Gasteiger partial charge on any atom is 0.261 e. The quantitative estimate of drug-likeness (QED) is 0.452. The molecule has 26 heavy (non-hydrogen) atoms. The molecule has 0 bridgehead atoms. The molecule has 5 nitrogen and oxygen atoms in total. The van der Waals surface area contributed by atoms with Gasteiger partial charge < -0.3 is 9.97 Å². The molecule has 0 atom stereocenters. The average molecular weight is 339 g/mol. The lowest BCUT2D eigenvalue weighted by molar-refractivity contribution is -0.116. The van der Waals surface area contributed by atoms with Gasteiger partial charge in [-0.15, -0.1) is 0 Å². The van der Waals surface area contributed by atoms with Crippen molar-refractivity contribution in [2.24, 2.45) is 0 Å². The lowest BCUT2D eigenvalue weighted by Gasteiger charge is -2.03. The molecule has 5 heteroatoms. The zero-order valence-corrected chi connectivity index (χ0v) is 13.7. The summed E-state index contributed by atoms with van der Waals surface area (Å²) in [7, 11) is 0. The van der Waals surface area contributed by atoms with Crippen LogP contribution >= 0.6 is 0 Å². The van der Waals surface area contributed by atoms with Crippen LogP contribution in [0.4, 0.5) is 0 Å². The van der Waals surface area contributed by atoms with E-state index in [1.807, 2.05) is 42.5 Å². The highest BCUT2D eigenvalue weighted by Crippen LogP contribution is 2.43. The molecular weight excluding hydrogens is 326 g/mol. The first kappa shape index (κ1) is 13.7. The molecule has 2 amide bonds. The monoisotopic (exact) mass is 339 g/mol. The Kier molecular flexibility index (Phi) is 2.37. The number of nitrogens with one attached hydrogen (secondary N) is 2. The van der Waals surface area contributed by atoms with Crippen molar-refractivity contribution in [3.8, 4) is 0 Å². The SMILES string of the molecule is O=CN1Cc2c(c3c4ccccc4[nH]c3c3[nH]c4ccccc4c23)C1=O. The van der Waals surface area contributed by atoms with Gasteiger partial charge in [-0.3, -0.25) is 14.5 Å². The van der Waals surface area contributed by atoms with Crippen LogP contribution in [0.1, 0.15) is 15.9 Å². The molecule has 0 fully saturated rings. The standard InChI is InChI=1S/C21H13N3O2/c25-10-24-9-13-16-11-5-1-3-7-14(11)22-19(16)20-17(18(13)21(24)26)12-6-2-4-8-15(12)23-20/h1-8,10,22-23H,9H2. The number of para-hydroxylation sites is 2. The smallest absolute Gasteiger partial charge is 0.261 e. The number of benzene rings is 3. The second-order valence-electron chi connectivity index (χ2n) is 6.73. The number of aromatic amines is 2. The highest BCUT2D eigenvalue weighted by molar-refractivity contribution is 6.30. The van der Waals surface area contributed by atoms with Crippen LogP contribution in [0.15, 0.2) is 48.5 Å². The fraction of sp³-hybridized carbons (Fsp3) is 0.0476. The van der Waals surface area contributed by atoms with Crippen LogP contribution < -0.4 is 0 Å². The van der Waals surface area contributed by atoms with Crippen LogP contribution in [0.3, 0.4) is 0 Å². The molecule has 0 radical (unpaired) electrons. The van der Waals surface area contributed by atoms with Crippen LogP contribution in [-0.4, -0.2) is 27.2 Å². The molecular formula is C21H13N3O2. The van der Waals surface area contributed by atoms with Gasteiger partial charge in [0.15, 0.2) is 0 Å². The van der Waals surface area contributed by atoms with Crippen molar-refractivity contribution in [2.75, 3.05) is 0 Å². The minimum Gasteiger partial charge on any atom is -0.353 e. The molecule has 0 unspecified atom stereocenters. The van der Waals surface area contributed by atoms with Gasteiger partial charge in [0.2, 0.25) is 6.41 Å². The fourth-order valence-corrected chi connectivity index (χ4v) is 4.37. The van der Waals surface area contributed by atoms with E-state index in [-0.39, 0.29) is 5.91 Å². The highest BCUT2D eigenvalue weighted by Gasteiger charge is 2.34. The van der Waals surface area contributed by atoms with Crippen molar-refractivity contribution < 1.29 is 9.59 Å². The summed E-state index contributed by atoms with van der Waals surface area (Å²) in [6.45, 7) is 0.311. The number of fused-ring (bicyclic) bond motifs is 10. The molecule has 0 saturated carbocycles. The van der Waals surface area contributed by atoms with E-state index in [1.165, 1.54) is 4.90 Å². The number of rotatable bonds is 1. The van der Waals surface area contributed by atoms with Gasteiger partial charge in [-0.05, 0) is 17.7 Å². The molecule has 2 aromatic heterocycles. The van der Waals surface area contributed by atoms with Gasteiger partial charge in [0.25, 0.3) is 5.91 Å². The highest BCUT2D eigenvalue weighted by atomic mass is 16.2. The maximum atomic E-state index is 13.0. The average Bonchev–Trinajstić information content (AvgIpc) is 3.32. The van der Waals surface area contributed by atoms with E-state index in [9.17, 15) is 9.59 Å². The molecule has 1 aliphatic heterocycles. The van der Waals surface area contributed by atoms with Crippen molar-refractivity contribution in [1.29, 1.82) is 0 Å². The summed E-state index contributed by atoms with van der Waals surface area (Å²) in [6, 6.07) is 16.0. The van der Waals surface area contributed by atoms with E-state index in [0.29, 0.717) is 18.5 Å². The lowest BCUT2D eigenvalue weighted by Crippen LogP contribution is -2.21. The summed E-state index contributed by atoms with van der Waals surface area (Å²) in [5, 5.41) is 3.98. The van der Waals surface area contributed by atoms with Gasteiger partial charge in [0, 0.05) is 32.6 Å². The summed E-state index contributed by atoms with van der Waals surface area (Å²) in [4.78, 5) is 32.6. The topological polar surface area (TPSA) is 69.0 Å². The van der Waals surface area contributed by atoms with Gasteiger partial charge in [0.05, 0.1) is 23.1 Å². The van der Waals surface area contributed by atoms with E-state index >= 15 is 0 Å². The van der Waals surface area contributed by atoms with E-state index < -0.39 is 0 Å². The first-order valence-electron chi connectivity index (χ1n) is 8.50. The van der Waals surface area contributed by atoms with Crippen LogP contribution in [0.5, 0.6) is 0 Å². The number of aromatic nitrogens is 2. The summed E-state index contributed by atoms with van der Waals surface area (Å²) in [6.07, 6.45) is 0.629. The zero-order chi connectivity index (χ0) is 17.4. The molecule has 5 aromatic rings. The van der Waals surface area contributed by atoms with E-state index in [2.05, 4.69) is 16.0 Å². The molecule has 124 valence electrons. The lowest BCUT2D eigenvalue weighted by atomic mass is 9.97. The van der Waals surface area contributed by atoms with Gasteiger partial charge >= 0.3 is 0 Å². The molecule has 2 N–H and O–H groups in total. The Morgan fingerprint density at radius 1 is 0.846 bits per heavy atom. The number of amides is 2. The normalized spacial score (nSPS) is 14.2. The minimum absolute atomic E-state index is 0.225. The van der Waals surface area contributed by atoms with Gasteiger partial charge in [-0.1, -0.05) is 36.4 Å². The van der Waals surface area contributed by atoms with Crippen molar-refractivity contribution in [1.82, 2.24) is 14.9 Å². The van der Waals surface area contributed by atoms with Gasteiger partial charge in [0.1, 0.15) is 0 Å². The molecule has 6 rings (SSSR count). The summed E-state index contributed by atoms with van der Waals surface area (Å²) in [5.74, 6) is -0.225. The maximum absolute atomic E-state index is 13.0.